The quantitative estimate of drug-likeness (QED) is 0.253. The van der Waals surface area contributed by atoms with Gasteiger partial charge in [-0.1, -0.05) is 27.7 Å². The highest BCUT2D eigenvalue weighted by atomic mass is 16.8. The van der Waals surface area contributed by atoms with Crippen molar-refractivity contribution in [1.29, 1.82) is 0 Å². The van der Waals surface area contributed by atoms with Crippen molar-refractivity contribution in [1.82, 2.24) is 0 Å². The molecule has 0 aromatic heterocycles. The smallest absolute Gasteiger partial charge is 0.284 e. The van der Waals surface area contributed by atoms with Gasteiger partial charge in [0.1, 0.15) is 22.4 Å². The SMILES string of the molecule is CCC1(C)C(O)(O)OC(C)(COCC2(C)C(C)(O)OC(C)(CO)C(C)(O)C2(C)O)C(C)(O)C1(C)C. The third-order valence-electron chi connectivity index (χ3n) is 11.0. The van der Waals surface area contributed by atoms with Gasteiger partial charge >= 0.3 is 0 Å². The van der Waals surface area contributed by atoms with Crippen molar-refractivity contribution >= 4 is 0 Å². The molecule has 2 aliphatic rings. The minimum atomic E-state index is -2.59. The molecule has 35 heavy (non-hydrogen) atoms. The van der Waals surface area contributed by atoms with Crippen molar-refractivity contribution in [3.8, 4) is 0 Å². The molecule has 0 spiro atoms. The summed E-state index contributed by atoms with van der Waals surface area (Å²) in [6.45, 7) is 15.3. The minimum absolute atomic E-state index is 0.305. The van der Waals surface area contributed by atoms with E-state index < -0.39 is 62.6 Å². The van der Waals surface area contributed by atoms with Crippen molar-refractivity contribution in [2.75, 3.05) is 19.8 Å². The summed E-state index contributed by atoms with van der Waals surface area (Å²) in [6.07, 6.45) is 0.305. The summed E-state index contributed by atoms with van der Waals surface area (Å²) in [5.74, 6) is -4.65. The molecule has 2 fully saturated rings. The fourth-order valence-electron chi connectivity index (χ4n) is 6.04. The Morgan fingerprint density at radius 1 is 0.600 bits per heavy atom. The molecule has 0 aromatic carbocycles. The summed E-state index contributed by atoms with van der Waals surface area (Å²) < 4.78 is 17.4. The highest BCUT2D eigenvalue weighted by Gasteiger charge is 2.75. The standard InChI is InChI=1S/C25H48O10/c1-12-17(4)16(2,3)21(8,27)20(7,35-25(17,31)32)15-33-14-18(5)22(9,28)23(10,29)19(6,13-26)34-24(18,11)30/h26-32H,12-15H2,1-11H3. The molecule has 8 unspecified atom stereocenters. The Bertz CT molecular complexity index is 819. The lowest BCUT2D eigenvalue weighted by atomic mass is 9.50. The normalized spacial score (nSPS) is 54.0. The van der Waals surface area contributed by atoms with Crippen LogP contribution < -0.4 is 0 Å². The summed E-state index contributed by atoms with van der Waals surface area (Å²) in [5, 5.41) is 77.5. The molecule has 10 heteroatoms. The van der Waals surface area contributed by atoms with Crippen LogP contribution in [0.15, 0.2) is 0 Å². The van der Waals surface area contributed by atoms with Gasteiger partial charge < -0.3 is 50.0 Å². The second-order valence-corrected chi connectivity index (χ2v) is 12.8. The van der Waals surface area contributed by atoms with Crippen LogP contribution in [0, 0.1) is 16.2 Å². The van der Waals surface area contributed by atoms with Gasteiger partial charge in [-0.15, -0.1) is 0 Å². The first-order valence-corrected chi connectivity index (χ1v) is 12.2. The summed E-state index contributed by atoms with van der Waals surface area (Å²) in [7, 11) is 0. The first-order chi connectivity index (χ1) is 15.2. The Balaban J connectivity index is 2.43. The molecule has 0 bridgehead atoms. The first-order valence-electron chi connectivity index (χ1n) is 12.2. The Labute approximate surface area is 208 Å². The maximum absolute atomic E-state index is 11.7. The summed E-state index contributed by atoms with van der Waals surface area (Å²) in [6, 6.07) is 0. The van der Waals surface area contributed by atoms with Crippen LogP contribution in [-0.4, -0.2) is 95.3 Å². The predicted octanol–water partition coefficient (Wildman–Crippen LogP) is 0.622. The number of aliphatic hydroxyl groups is 7. The summed E-state index contributed by atoms with van der Waals surface area (Å²) >= 11 is 0. The lowest BCUT2D eigenvalue weighted by Gasteiger charge is -2.67. The number of hydrogen-bond donors (Lipinski definition) is 7. The molecule has 208 valence electrons. The monoisotopic (exact) mass is 508 g/mol. The maximum Gasteiger partial charge on any atom is 0.284 e. The fraction of sp³-hybridized carbons (Fsp3) is 1.00. The van der Waals surface area contributed by atoms with Gasteiger partial charge in [0.05, 0.1) is 36.3 Å². The van der Waals surface area contributed by atoms with Crippen LogP contribution in [0.5, 0.6) is 0 Å². The number of rotatable bonds is 6. The second-order valence-electron chi connectivity index (χ2n) is 12.8. The molecule has 7 N–H and O–H groups in total. The molecule has 0 radical (unpaired) electrons. The largest absolute Gasteiger partial charge is 0.393 e. The van der Waals surface area contributed by atoms with Crippen LogP contribution in [-0.2, 0) is 14.2 Å². The molecular weight excluding hydrogens is 460 g/mol. The first kappa shape index (κ1) is 30.8. The van der Waals surface area contributed by atoms with Gasteiger partial charge in [-0.2, -0.15) is 0 Å². The minimum Gasteiger partial charge on any atom is -0.393 e. The van der Waals surface area contributed by atoms with E-state index in [2.05, 4.69) is 0 Å². The van der Waals surface area contributed by atoms with Crippen LogP contribution >= 0.6 is 0 Å². The van der Waals surface area contributed by atoms with E-state index in [0.717, 1.165) is 0 Å². The fourth-order valence-corrected chi connectivity index (χ4v) is 6.04. The zero-order chi connectivity index (χ0) is 27.9. The van der Waals surface area contributed by atoms with Crippen LogP contribution in [0.1, 0.15) is 82.6 Å². The molecule has 2 aliphatic heterocycles. The zero-order valence-corrected chi connectivity index (χ0v) is 23.2. The zero-order valence-electron chi connectivity index (χ0n) is 23.2. The molecule has 0 aliphatic carbocycles. The van der Waals surface area contributed by atoms with E-state index in [1.54, 1.807) is 34.6 Å². The molecule has 8 atom stereocenters. The second kappa shape index (κ2) is 8.05. The summed E-state index contributed by atoms with van der Waals surface area (Å²) in [5.41, 5.74) is -12.9. The third kappa shape index (κ3) is 3.52. The van der Waals surface area contributed by atoms with Gasteiger partial charge in [0.2, 0.25) is 0 Å². The molecule has 2 saturated heterocycles. The van der Waals surface area contributed by atoms with Gasteiger partial charge in [0, 0.05) is 5.41 Å². The lowest BCUT2D eigenvalue weighted by molar-refractivity contribution is -0.502. The topological polar surface area (TPSA) is 169 Å². The molecule has 2 rings (SSSR count). The lowest BCUT2D eigenvalue weighted by Crippen LogP contribution is -2.82. The Morgan fingerprint density at radius 2 is 1.09 bits per heavy atom. The maximum atomic E-state index is 11.7. The van der Waals surface area contributed by atoms with Crippen molar-refractivity contribution in [2.24, 2.45) is 16.2 Å². The third-order valence-corrected chi connectivity index (χ3v) is 11.0. The van der Waals surface area contributed by atoms with E-state index in [0.29, 0.717) is 6.42 Å². The van der Waals surface area contributed by atoms with E-state index in [-0.39, 0.29) is 13.2 Å². The van der Waals surface area contributed by atoms with Gasteiger partial charge in [-0.25, -0.2) is 0 Å². The summed E-state index contributed by atoms with van der Waals surface area (Å²) in [4.78, 5) is 0. The van der Waals surface area contributed by atoms with Crippen LogP contribution in [0.4, 0.5) is 0 Å². The van der Waals surface area contributed by atoms with Crippen LogP contribution in [0.3, 0.4) is 0 Å². The van der Waals surface area contributed by atoms with Gasteiger partial charge in [-0.3, -0.25) is 0 Å². The molecule has 2 heterocycles. The average molecular weight is 509 g/mol. The molecule has 10 nitrogen and oxygen atoms in total. The van der Waals surface area contributed by atoms with Crippen molar-refractivity contribution < 1.29 is 50.0 Å². The van der Waals surface area contributed by atoms with Crippen molar-refractivity contribution in [3.05, 3.63) is 0 Å². The van der Waals surface area contributed by atoms with Crippen molar-refractivity contribution in [2.45, 2.75) is 122 Å². The van der Waals surface area contributed by atoms with Crippen LogP contribution in [0.25, 0.3) is 0 Å². The average Bonchev–Trinajstić information content (AvgIpc) is 2.69. The Morgan fingerprint density at radius 3 is 1.51 bits per heavy atom. The number of ether oxygens (including phenoxy) is 3. The van der Waals surface area contributed by atoms with Crippen LogP contribution in [0.2, 0.25) is 0 Å². The van der Waals surface area contributed by atoms with E-state index in [1.807, 2.05) is 0 Å². The van der Waals surface area contributed by atoms with Crippen molar-refractivity contribution in [3.63, 3.8) is 0 Å². The van der Waals surface area contributed by atoms with E-state index in [9.17, 15) is 35.7 Å². The molecular formula is C25H48O10. The van der Waals surface area contributed by atoms with Gasteiger partial charge in [0.15, 0.2) is 5.79 Å². The Kier molecular flexibility index (Phi) is 7.09. The highest BCUT2D eigenvalue weighted by Crippen LogP contribution is 2.63. The molecule has 0 saturated carbocycles. The Hall–Kier alpha value is -0.400. The van der Waals surface area contributed by atoms with E-state index >= 15 is 0 Å². The van der Waals surface area contributed by atoms with E-state index in [1.165, 1.54) is 41.5 Å². The number of hydrogen-bond acceptors (Lipinski definition) is 10. The molecule has 0 amide bonds. The number of aliphatic hydroxyl groups excluding tert-OH is 1. The molecule has 0 aromatic rings. The van der Waals surface area contributed by atoms with Gasteiger partial charge in [-0.05, 0) is 54.9 Å². The predicted molar refractivity (Wildman–Crippen MR) is 127 cm³/mol. The van der Waals surface area contributed by atoms with Gasteiger partial charge in [0.25, 0.3) is 5.97 Å². The highest BCUT2D eigenvalue weighted by molar-refractivity contribution is 5.20. The van der Waals surface area contributed by atoms with E-state index in [4.69, 9.17) is 14.2 Å².